The zero-order chi connectivity index (χ0) is 14.3. The Hall–Kier alpha value is -1.32. The van der Waals surface area contributed by atoms with Crippen LogP contribution in [0.5, 0.6) is 0 Å². The van der Waals surface area contributed by atoms with Crippen LogP contribution < -0.4 is 10.2 Å². The fraction of sp³-hybridized carbons (Fsp3) is 0.400. The van der Waals surface area contributed by atoms with Crippen LogP contribution in [0.2, 0.25) is 5.02 Å². The third-order valence-corrected chi connectivity index (χ3v) is 2.87. The van der Waals surface area contributed by atoms with E-state index in [1.165, 1.54) is 0 Å². The second kappa shape index (κ2) is 7.97. The van der Waals surface area contributed by atoms with Gasteiger partial charge in [0.05, 0.1) is 5.02 Å². The molecule has 0 aliphatic carbocycles. The molecule has 0 atom stereocenters. The highest BCUT2D eigenvalue weighted by atomic mass is 35.5. The largest absolute Gasteiger partial charge is 0.348 e. The van der Waals surface area contributed by atoms with Gasteiger partial charge in [-0.2, -0.15) is 0 Å². The van der Waals surface area contributed by atoms with Crippen LogP contribution in [0.25, 0.3) is 0 Å². The van der Waals surface area contributed by atoms with Crippen LogP contribution in [0.15, 0.2) is 37.6 Å². The molecule has 1 aromatic rings. The number of pyridine rings is 1. The molecule has 19 heavy (non-hydrogen) atoms. The Kier molecular flexibility index (Phi) is 6.60. The van der Waals surface area contributed by atoms with E-state index in [1.807, 2.05) is 29.3 Å². The van der Waals surface area contributed by atoms with E-state index >= 15 is 0 Å². The highest BCUT2D eigenvalue weighted by Gasteiger charge is 2.10. The van der Waals surface area contributed by atoms with Crippen LogP contribution in [0, 0.1) is 0 Å². The third kappa shape index (κ3) is 5.05. The molecular formula is C15H22ClN3. The van der Waals surface area contributed by atoms with E-state index in [0.29, 0.717) is 24.2 Å². The number of anilines is 1. The topological polar surface area (TPSA) is 28.2 Å². The van der Waals surface area contributed by atoms with Gasteiger partial charge in [0.1, 0.15) is 5.82 Å². The SMILES string of the molecule is C=CCN(CC=C)c1ncc(CNC(C)C)cc1Cl. The first kappa shape index (κ1) is 15.7. The van der Waals surface area contributed by atoms with E-state index in [4.69, 9.17) is 11.6 Å². The highest BCUT2D eigenvalue weighted by molar-refractivity contribution is 6.33. The van der Waals surface area contributed by atoms with Crippen LogP contribution in [-0.4, -0.2) is 24.1 Å². The molecule has 0 aliphatic heterocycles. The number of aromatic nitrogens is 1. The quantitative estimate of drug-likeness (QED) is 0.739. The molecule has 0 saturated heterocycles. The van der Waals surface area contributed by atoms with Gasteiger partial charge in [-0.25, -0.2) is 4.98 Å². The number of nitrogens with zero attached hydrogens (tertiary/aromatic N) is 2. The lowest BCUT2D eigenvalue weighted by Gasteiger charge is -2.22. The second-order valence-corrected chi connectivity index (χ2v) is 5.07. The Balaban J connectivity index is 2.85. The lowest BCUT2D eigenvalue weighted by molar-refractivity contribution is 0.588. The van der Waals surface area contributed by atoms with Crippen molar-refractivity contribution in [3.05, 3.63) is 48.2 Å². The monoisotopic (exact) mass is 279 g/mol. The normalized spacial score (nSPS) is 10.5. The first-order valence-corrected chi connectivity index (χ1v) is 6.80. The van der Waals surface area contributed by atoms with Crippen molar-refractivity contribution in [1.29, 1.82) is 0 Å². The molecule has 1 aromatic heterocycles. The summed E-state index contributed by atoms with van der Waals surface area (Å²) in [6, 6.07) is 2.40. The molecule has 0 aromatic carbocycles. The molecule has 104 valence electrons. The summed E-state index contributed by atoms with van der Waals surface area (Å²) in [7, 11) is 0. The maximum absolute atomic E-state index is 6.31. The molecule has 0 saturated carbocycles. The molecule has 1 heterocycles. The van der Waals surface area contributed by atoms with Gasteiger partial charge in [0.15, 0.2) is 0 Å². The van der Waals surface area contributed by atoms with Gasteiger partial charge in [0, 0.05) is 31.9 Å². The lowest BCUT2D eigenvalue weighted by atomic mass is 10.2. The number of nitrogens with one attached hydrogen (secondary N) is 1. The molecule has 0 bridgehead atoms. The van der Waals surface area contributed by atoms with E-state index < -0.39 is 0 Å². The standard InChI is InChI=1S/C15H22ClN3/c1-5-7-19(8-6-2)15-14(16)9-13(11-18-15)10-17-12(3)4/h5-6,9,11-12,17H,1-2,7-8,10H2,3-4H3. The smallest absolute Gasteiger partial charge is 0.147 e. The van der Waals surface area contributed by atoms with Gasteiger partial charge in [-0.1, -0.05) is 37.6 Å². The summed E-state index contributed by atoms with van der Waals surface area (Å²) in [5.41, 5.74) is 1.08. The second-order valence-electron chi connectivity index (χ2n) is 4.67. The molecule has 4 heteroatoms. The van der Waals surface area contributed by atoms with Crippen molar-refractivity contribution in [3.63, 3.8) is 0 Å². The summed E-state index contributed by atoms with van der Waals surface area (Å²) in [6.45, 7) is 13.9. The summed E-state index contributed by atoms with van der Waals surface area (Å²) in [5, 5.41) is 4.00. The van der Waals surface area contributed by atoms with Gasteiger partial charge in [-0.15, -0.1) is 13.2 Å². The van der Waals surface area contributed by atoms with Crippen molar-refractivity contribution < 1.29 is 0 Å². The Morgan fingerprint density at radius 3 is 2.47 bits per heavy atom. The van der Waals surface area contributed by atoms with Crippen LogP contribution in [-0.2, 0) is 6.54 Å². The van der Waals surface area contributed by atoms with Crippen molar-refractivity contribution in [1.82, 2.24) is 10.3 Å². The van der Waals surface area contributed by atoms with E-state index in [0.717, 1.165) is 17.9 Å². The van der Waals surface area contributed by atoms with E-state index in [9.17, 15) is 0 Å². The number of rotatable bonds is 8. The van der Waals surface area contributed by atoms with Crippen LogP contribution >= 0.6 is 11.6 Å². The molecule has 0 unspecified atom stereocenters. The molecule has 0 amide bonds. The van der Waals surface area contributed by atoms with Gasteiger partial charge < -0.3 is 10.2 Å². The minimum atomic E-state index is 0.441. The predicted octanol–water partition coefficient (Wildman–Crippen LogP) is 3.41. The van der Waals surface area contributed by atoms with Crippen molar-refractivity contribution in [2.75, 3.05) is 18.0 Å². The van der Waals surface area contributed by atoms with Crippen LogP contribution in [0.1, 0.15) is 19.4 Å². The van der Waals surface area contributed by atoms with Gasteiger partial charge in [0.25, 0.3) is 0 Å². The Morgan fingerprint density at radius 1 is 1.37 bits per heavy atom. The van der Waals surface area contributed by atoms with Gasteiger partial charge >= 0.3 is 0 Å². The summed E-state index contributed by atoms with van der Waals surface area (Å²) < 4.78 is 0. The molecule has 1 rings (SSSR count). The number of hydrogen-bond acceptors (Lipinski definition) is 3. The van der Waals surface area contributed by atoms with Crippen LogP contribution in [0.3, 0.4) is 0 Å². The average Bonchev–Trinajstić information content (AvgIpc) is 2.36. The van der Waals surface area contributed by atoms with E-state index in [2.05, 4.69) is 37.3 Å². The lowest BCUT2D eigenvalue weighted by Crippen LogP contribution is -2.25. The molecule has 0 aliphatic rings. The Bertz CT molecular complexity index is 419. The third-order valence-electron chi connectivity index (χ3n) is 2.59. The average molecular weight is 280 g/mol. The Labute approximate surface area is 121 Å². The zero-order valence-corrected chi connectivity index (χ0v) is 12.5. The fourth-order valence-corrected chi connectivity index (χ4v) is 1.99. The number of hydrogen-bond donors (Lipinski definition) is 1. The van der Waals surface area contributed by atoms with Crippen molar-refractivity contribution in [2.45, 2.75) is 26.4 Å². The minimum Gasteiger partial charge on any atom is -0.348 e. The maximum atomic E-state index is 6.31. The first-order valence-electron chi connectivity index (χ1n) is 6.43. The summed E-state index contributed by atoms with van der Waals surface area (Å²) in [6.07, 6.45) is 5.52. The van der Waals surface area contributed by atoms with Gasteiger partial charge in [-0.3, -0.25) is 0 Å². The molecule has 0 radical (unpaired) electrons. The fourth-order valence-electron chi connectivity index (χ4n) is 1.68. The van der Waals surface area contributed by atoms with E-state index in [1.54, 1.807) is 0 Å². The Morgan fingerprint density at radius 2 is 2.00 bits per heavy atom. The maximum Gasteiger partial charge on any atom is 0.147 e. The summed E-state index contributed by atoms with van der Waals surface area (Å²) in [4.78, 5) is 6.48. The van der Waals surface area contributed by atoms with E-state index in [-0.39, 0.29) is 0 Å². The van der Waals surface area contributed by atoms with Gasteiger partial charge in [-0.05, 0) is 11.6 Å². The van der Waals surface area contributed by atoms with Crippen molar-refractivity contribution in [2.24, 2.45) is 0 Å². The van der Waals surface area contributed by atoms with Crippen molar-refractivity contribution in [3.8, 4) is 0 Å². The minimum absolute atomic E-state index is 0.441. The molecule has 1 N–H and O–H groups in total. The van der Waals surface area contributed by atoms with Crippen molar-refractivity contribution >= 4 is 17.4 Å². The summed E-state index contributed by atoms with van der Waals surface area (Å²) in [5.74, 6) is 0.773. The molecule has 3 nitrogen and oxygen atoms in total. The number of halogens is 1. The predicted molar refractivity (Wildman–Crippen MR) is 83.8 cm³/mol. The molecule has 0 spiro atoms. The zero-order valence-electron chi connectivity index (χ0n) is 11.7. The van der Waals surface area contributed by atoms with Gasteiger partial charge in [0.2, 0.25) is 0 Å². The highest BCUT2D eigenvalue weighted by Crippen LogP contribution is 2.24. The molecule has 0 fully saturated rings. The first-order chi connectivity index (χ1) is 9.08. The molecular weight excluding hydrogens is 258 g/mol. The summed E-state index contributed by atoms with van der Waals surface area (Å²) >= 11 is 6.31. The van der Waals surface area contributed by atoms with Crippen LogP contribution in [0.4, 0.5) is 5.82 Å².